The van der Waals surface area contributed by atoms with Crippen LogP contribution in [0.5, 0.6) is 11.6 Å². The molecule has 0 saturated heterocycles. The summed E-state index contributed by atoms with van der Waals surface area (Å²) in [5, 5.41) is 7.24. The van der Waals surface area contributed by atoms with Gasteiger partial charge in [0.05, 0.1) is 25.5 Å². The highest BCUT2D eigenvalue weighted by Crippen LogP contribution is 2.21. The predicted molar refractivity (Wildman–Crippen MR) is 118 cm³/mol. The molecule has 0 aliphatic heterocycles. The summed E-state index contributed by atoms with van der Waals surface area (Å²) >= 11 is 0. The van der Waals surface area contributed by atoms with Gasteiger partial charge < -0.3 is 19.5 Å². The highest BCUT2D eigenvalue weighted by atomic mass is 16.5. The Kier molecular flexibility index (Phi) is 8.33. The number of benzene rings is 1. The van der Waals surface area contributed by atoms with E-state index >= 15 is 0 Å². The van der Waals surface area contributed by atoms with Crippen LogP contribution in [0.2, 0.25) is 0 Å². The standard InChI is InChI=1S/C23H33N3O4/c1-7-19-14-24-26(21(19)29-15-17(2)3)13-12-23(4,5)25-22(27)30-16-18-8-10-20(28-6)11-9-18/h8-14,17H,7,15-16H2,1-6H3,(H,25,27)/b13-12+. The van der Waals surface area contributed by atoms with Gasteiger partial charge >= 0.3 is 6.09 Å². The number of nitrogens with zero attached hydrogens (tertiary/aromatic N) is 2. The molecule has 0 fully saturated rings. The van der Waals surface area contributed by atoms with E-state index < -0.39 is 11.6 Å². The van der Waals surface area contributed by atoms with Gasteiger partial charge in [0.25, 0.3) is 0 Å². The van der Waals surface area contributed by atoms with Gasteiger partial charge in [-0.2, -0.15) is 5.10 Å². The minimum atomic E-state index is -0.634. The van der Waals surface area contributed by atoms with E-state index in [2.05, 4.69) is 31.2 Å². The van der Waals surface area contributed by atoms with Gasteiger partial charge in [0.15, 0.2) is 0 Å². The number of nitrogens with one attached hydrogen (secondary N) is 1. The van der Waals surface area contributed by atoms with E-state index in [9.17, 15) is 4.79 Å². The summed E-state index contributed by atoms with van der Waals surface area (Å²) in [6.45, 7) is 10.8. The molecule has 30 heavy (non-hydrogen) atoms. The Hall–Kier alpha value is -2.96. The Morgan fingerprint density at radius 3 is 2.57 bits per heavy atom. The molecule has 7 nitrogen and oxygen atoms in total. The summed E-state index contributed by atoms with van der Waals surface area (Å²) < 4.78 is 18.1. The van der Waals surface area contributed by atoms with Gasteiger partial charge in [-0.3, -0.25) is 0 Å². The number of aromatic nitrogens is 2. The van der Waals surface area contributed by atoms with Crippen LogP contribution in [0.3, 0.4) is 0 Å². The Morgan fingerprint density at radius 1 is 1.27 bits per heavy atom. The molecule has 1 amide bonds. The molecule has 0 bridgehead atoms. The third kappa shape index (κ3) is 7.13. The average Bonchev–Trinajstić information content (AvgIpc) is 3.11. The zero-order chi connectivity index (χ0) is 22.1. The Morgan fingerprint density at radius 2 is 1.97 bits per heavy atom. The molecule has 0 unspecified atom stereocenters. The summed E-state index contributed by atoms with van der Waals surface area (Å²) in [6, 6.07) is 7.38. The first-order valence-corrected chi connectivity index (χ1v) is 10.2. The quantitative estimate of drug-likeness (QED) is 0.611. The monoisotopic (exact) mass is 415 g/mol. The number of rotatable bonds is 10. The summed E-state index contributed by atoms with van der Waals surface area (Å²) in [7, 11) is 1.61. The van der Waals surface area contributed by atoms with Crippen molar-refractivity contribution in [3.63, 3.8) is 0 Å². The van der Waals surface area contributed by atoms with Crippen molar-refractivity contribution in [2.45, 2.75) is 53.2 Å². The number of amides is 1. The Balaban J connectivity index is 1.95. The average molecular weight is 416 g/mol. The number of ether oxygens (including phenoxy) is 3. The van der Waals surface area contributed by atoms with Crippen LogP contribution < -0.4 is 14.8 Å². The third-order valence-corrected chi connectivity index (χ3v) is 4.34. The second-order valence-corrected chi connectivity index (χ2v) is 8.06. The molecule has 0 aliphatic carbocycles. The Labute approximate surface area is 179 Å². The van der Waals surface area contributed by atoms with Crippen molar-refractivity contribution in [2.75, 3.05) is 13.7 Å². The number of carbonyl (C=O) groups excluding carboxylic acids is 1. The number of hydrogen-bond acceptors (Lipinski definition) is 5. The highest BCUT2D eigenvalue weighted by Gasteiger charge is 2.19. The highest BCUT2D eigenvalue weighted by molar-refractivity contribution is 5.68. The maximum absolute atomic E-state index is 12.2. The van der Waals surface area contributed by atoms with E-state index in [4.69, 9.17) is 14.2 Å². The van der Waals surface area contributed by atoms with Crippen LogP contribution in [-0.2, 0) is 17.8 Å². The smallest absolute Gasteiger partial charge is 0.408 e. The van der Waals surface area contributed by atoms with Crippen molar-refractivity contribution in [2.24, 2.45) is 5.92 Å². The molecule has 164 valence electrons. The van der Waals surface area contributed by atoms with Crippen molar-refractivity contribution in [3.8, 4) is 11.6 Å². The third-order valence-electron chi connectivity index (χ3n) is 4.34. The zero-order valence-corrected chi connectivity index (χ0v) is 18.8. The largest absolute Gasteiger partial charge is 0.497 e. The van der Waals surface area contributed by atoms with Gasteiger partial charge in [-0.15, -0.1) is 0 Å². The predicted octanol–water partition coefficient (Wildman–Crippen LogP) is 4.66. The minimum absolute atomic E-state index is 0.182. The fourth-order valence-corrected chi connectivity index (χ4v) is 2.61. The lowest BCUT2D eigenvalue weighted by atomic mass is 10.1. The van der Waals surface area contributed by atoms with Crippen molar-refractivity contribution < 1.29 is 19.0 Å². The number of alkyl carbamates (subject to hydrolysis) is 1. The number of hydrogen-bond donors (Lipinski definition) is 1. The molecule has 7 heteroatoms. The van der Waals surface area contributed by atoms with Crippen molar-refractivity contribution >= 4 is 12.3 Å². The molecule has 2 rings (SSSR count). The van der Waals surface area contributed by atoms with Crippen molar-refractivity contribution in [1.82, 2.24) is 15.1 Å². The molecule has 0 aliphatic rings. The van der Waals surface area contributed by atoms with Gasteiger partial charge in [-0.1, -0.05) is 32.9 Å². The van der Waals surface area contributed by atoms with Crippen molar-refractivity contribution in [1.29, 1.82) is 0 Å². The molecule has 1 heterocycles. The van der Waals surface area contributed by atoms with Crippen LogP contribution in [0, 0.1) is 5.92 Å². The lowest BCUT2D eigenvalue weighted by Gasteiger charge is -2.22. The summed E-state index contributed by atoms with van der Waals surface area (Å²) in [5.74, 6) is 1.91. The second-order valence-electron chi connectivity index (χ2n) is 8.06. The van der Waals surface area contributed by atoms with E-state index in [1.807, 2.05) is 50.4 Å². The van der Waals surface area contributed by atoms with Crippen molar-refractivity contribution in [3.05, 3.63) is 47.7 Å². The molecule has 0 saturated carbocycles. The van der Waals surface area contributed by atoms with Crippen LogP contribution in [0.25, 0.3) is 6.20 Å². The number of carbonyl (C=O) groups is 1. The molecule has 1 aromatic carbocycles. The molecule has 1 aromatic heterocycles. The number of methoxy groups -OCH3 is 1. The molecule has 0 radical (unpaired) electrons. The van der Waals surface area contributed by atoms with Crippen LogP contribution in [0.1, 0.15) is 45.7 Å². The first kappa shape index (κ1) is 23.3. The molecular formula is C23H33N3O4. The first-order chi connectivity index (χ1) is 14.2. The summed E-state index contributed by atoms with van der Waals surface area (Å²) in [5.41, 5.74) is 1.30. The SMILES string of the molecule is CCc1cnn(/C=C/C(C)(C)NC(=O)OCc2ccc(OC)cc2)c1OCC(C)C. The maximum Gasteiger partial charge on any atom is 0.408 e. The van der Waals surface area contributed by atoms with Crippen LogP contribution >= 0.6 is 0 Å². The summed E-state index contributed by atoms with van der Waals surface area (Å²) in [4.78, 5) is 12.2. The molecule has 0 spiro atoms. The van der Waals surface area contributed by atoms with Crippen LogP contribution in [0.15, 0.2) is 36.5 Å². The maximum atomic E-state index is 12.2. The van der Waals surface area contributed by atoms with Crippen LogP contribution in [0.4, 0.5) is 4.79 Å². The molecule has 2 aromatic rings. The van der Waals surface area contributed by atoms with E-state index in [0.717, 1.165) is 29.2 Å². The van der Waals surface area contributed by atoms with Gasteiger partial charge in [0.2, 0.25) is 5.88 Å². The second kappa shape index (κ2) is 10.7. The van der Waals surface area contributed by atoms with Gasteiger partial charge in [-0.25, -0.2) is 9.48 Å². The van der Waals surface area contributed by atoms with Gasteiger partial charge in [0, 0.05) is 11.8 Å². The topological polar surface area (TPSA) is 74.6 Å². The molecular weight excluding hydrogens is 382 g/mol. The fourth-order valence-electron chi connectivity index (χ4n) is 2.61. The normalized spacial score (nSPS) is 11.7. The lowest BCUT2D eigenvalue weighted by molar-refractivity contribution is 0.133. The first-order valence-electron chi connectivity index (χ1n) is 10.2. The van der Waals surface area contributed by atoms with E-state index in [1.165, 1.54) is 0 Å². The fraction of sp³-hybridized carbons (Fsp3) is 0.478. The summed E-state index contributed by atoms with van der Waals surface area (Å²) in [6.07, 6.45) is 5.81. The Bertz CT molecular complexity index is 839. The lowest BCUT2D eigenvalue weighted by Crippen LogP contribution is -2.42. The zero-order valence-electron chi connectivity index (χ0n) is 18.8. The van der Waals surface area contributed by atoms with Gasteiger partial charge in [0.1, 0.15) is 12.4 Å². The molecule has 1 N–H and O–H groups in total. The van der Waals surface area contributed by atoms with E-state index in [-0.39, 0.29) is 6.61 Å². The number of aryl methyl sites for hydroxylation is 1. The van der Waals surface area contributed by atoms with E-state index in [1.54, 1.807) is 18.0 Å². The van der Waals surface area contributed by atoms with Crippen LogP contribution in [-0.4, -0.2) is 35.1 Å². The molecule has 0 atom stereocenters. The minimum Gasteiger partial charge on any atom is -0.497 e. The van der Waals surface area contributed by atoms with E-state index in [0.29, 0.717) is 12.5 Å². The van der Waals surface area contributed by atoms with Gasteiger partial charge in [-0.05, 0) is 50.0 Å².